The smallest absolute Gasteiger partial charge is 0.410 e. The van der Waals surface area contributed by atoms with Crippen molar-refractivity contribution in [3.05, 3.63) is 35.1 Å². The van der Waals surface area contributed by atoms with Gasteiger partial charge in [-0.1, -0.05) is 0 Å². The van der Waals surface area contributed by atoms with Crippen molar-refractivity contribution in [3.8, 4) is 0 Å². The topological polar surface area (TPSA) is 46.6 Å². The molecule has 0 aliphatic rings. The monoisotopic (exact) mass is 303 g/mol. The molecule has 116 valence electrons. The molecule has 1 aromatic carbocycles. The summed E-state index contributed by atoms with van der Waals surface area (Å²) in [5.41, 5.74) is -0.979. The molecule has 0 N–H and O–H groups in total. The summed E-state index contributed by atoms with van der Waals surface area (Å²) in [6.45, 7) is 4.89. The standard InChI is InChI=1S/C14H16F3NO3/c1-14(2,3)21-13(20)18(4)11(7-19)8-5-9(15)12(17)10(16)6-8/h5-7,11H,1-4H3. The summed E-state index contributed by atoms with van der Waals surface area (Å²) in [5.74, 6) is -4.51. The molecule has 21 heavy (non-hydrogen) atoms. The summed E-state index contributed by atoms with van der Waals surface area (Å²) in [7, 11) is 1.24. The SMILES string of the molecule is CN(C(=O)OC(C)(C)C)C(C=O)c1cc(F)c(F)c(F)c1. The van der Waals surface area contributed by atoms with E-state index in [2.05, 4.69) is 0 Å². The lowest BCUT2D eigenvalue weighted by Crippen LogP contribution is -2.37. The first-order chi connectivity index (χ1) is 9.56. The second-order valence-electron chi connectivity index (χ2n) is 5.47. The first-order valence-electron chi connectivity index (χ1n) is 6.12. The summed E-state index contributed by atoms with van der Waals surface area (Å²) in [6.07, 6.45) is -0.527. The molecule has 1 unspecified atom stereocenters. The van der Waals surface area contributed by atoms with Gasteiger partial charge >= 0.3 is 6.09 Å². The van der Waals surface area contributed by atoms with E-state index in [4.69, 9.17) is 4.74 Å². The van der Waals surface area contributed by atoms with Crippen molar-refractivity contribution in [3.63, 3.8) is 0 Å². The Morgan fingerprint density at radius 1 is 1.24 bits per heavy atom. The molecule has 0 aromatic heterocycles. The van der Waals surface area contributed by atoms with Crippen LogP contribution in [0.4, 0.5) is 18.0 Å². The number of ether oxygens (including phenoxy) is 1. The lowest BCUT2D eigenvalue weighted by Gasteiger charge is -2.28. The third-order valence-corrected chi connectivity index (χ3v) is 2.58. The number of amides is 1. The van der Waals surface area contributed by atoms with E-state index in [1.54, 1.807) is 20.8 Å². The van der Waals surface area contributed by atoms with Gasteiger partial charge in [-0.05, 0) is 38.5 Å². The maximum atomic E-state index is 13.2. The number of nitrogens with zero attached hydrogens (tertiary/aromatic N) is 1. The van der Waals surface area contributed by atoms with Crippen molar-refractivity contribution in [2.75, 3.05) is 7.05 Å². The Morgan fingerprint density at radius 3 is 2.10 bits per heavy atom. The molecule has 0 bridgehead atoms. The highest BCUT2D eigenvalue weighted by Crippen LogP contribution is 2.23. The second kappa shape index (κ2) is 6.15. The maximum Gasteiger partial charge on any atom is 0.410 e. The fraction of sp³-hybridized carbons (Fsp3) is 0.429. The van der Waals surface area contributed by atoms with Crippen LogP contribution in [0.2, 0.25) is 0 Å². The highest BCUT2D eigenvalue weighted by molar-refractivity contribution is 5.74. The van der Waals surface area contributed by atoms with Crippen molar-refractivity contribution >= 4 is 12.4 Å². The van der Waals surface area contributed by atoms with E-state index in [1.165, 1.54) is 7.05 Å². The van der Waals surface area contributed by atoms with Crippen molar-refractivity contribution in [1.29, 1.82) is 0 Å². The molecule has 0 radical (unpaired) electrons. The fourth-order valence-corrected chi connectivity index (χ4v) is 1.59. The van der Waals surface area contributed by atoms with Crippen LogP contribution in [-0.4, -0.2) is 29.9 Å². The quantitative estimate of drug-likeness (QED) is 0.636. The summed E-state index contributed by atoms with van der Waals surface area (Å²) >= 11 is 0. The summed E-state index contributed by atoms with van der Waals surface area (Å²) in [6, 6.07) is 0.0425. The summed E-state index contributed by atoms with van der Waals surface area (Å²) in [4.78, 5) is 23.9. The molecular formula is C14H16F3NO3. The number of likely N-dealkylation sites (N-methyl/N-ethyl adjacent to an activating group) is 1. The van der Waals surface area contributed by atoms with Crippen LogP contribution < -0.4 is 0 Å². The van der Waals surface area contributed by atoms with Gasteiger partial charge < -0.3 is 9.53 Å². The number of benzene rings is 1. The van der Waals surface area contributed by atoms with Crippen molar-refractivity contribution in [1.82, 2.24) is 4.90 Å². The summed E-state index contributed by atoms with van der Waals surface area (Å²) < 4.78 is 44.4. The molecule has 0 aliphatic carbocycles. The van der Waals surface area contributed by atoms with Crippen LogP contribution in [0.5, 0.6) is 0 Å². The third kappa shape index (κ3) is 4.21. The lowest BCUT2D eigenvalue weighted by molar-refractivity contribution is -0.112. The third-order valence-electron chi connectivity index (χ3n) is 2.58. The first-order valence-corrected chi connectivity index (χ1v) is 6.12. The van der Waals surface area contributed by atoms with Crippen LogP contribution in [0.15, 0.2) is 12.1 Å². The van der Waals surface area contributed by atoms with Crippen LogP contribution in [-0.2, 0) is 9.53 Å². The minimum Gasteiger partial charge on any atom is -0.444 e. The Hall–Kier alpha value is -2.05. The molecule has 0 spiro atoms. The molecule has 0 saturated carbocycles. The molecular weight excluding hydrogens is 287 g/mol. The predicted molar refractivity (Wildman–Crippen MR) is 69.1 cm³/mol. The van der Waals surface area contributed by atoms with E-state index in [0.717, 1.165) is 4.90 Å². The first kappa shape index (κ1) is 17.0. The molecule has 0 aliphatic heterocycles. The van der Waals surface area contributed by atoms with E-state index >= 15 is 0 Å². The predicted octanol–water partition coefficient (Wildman–Crippen LogP) is 3.21. The van der Waals surface area contributed by atoms with Gasteiger partial charge in [-0.25, -0.2) is 18.0 Å². The minimum absolute atomic E-state index is 0.185. The fourth-order valence-electron chi connectivity index (χ4n) is 1.59. The highest BCUT2D eigenvalue weighted by Gasteiger charge is 2.27. The van der Waals surface area contributed by atoms with E-state index in [-0.39, 0.29) is 5.56 Å². The zero-order valence-corrected chi connectivity index (χ0v) is 12.1. The average molecular weight is 303 g/mol. The molecule has 0 heterocycles. The van der Waals surface area contributed by atoms with Crippen LogP contribution in [0, 0.1) is 17.5 Å². The molecule has 0 fully saturated rings. The van der Waals surface area contributed by atoms with Gasteiger partial charge in [-0.15, -0.1) is 0 Å². The molecule has 1 rings (SSSR count). The molecule has 7 heteroatoms. The Morgan fingerprint density at radius 2 is 1.71 bits per heavy atom. The van der Waals surface area contributed by atoms with Crippen LogP contribution >= 0.6 is 0 Å². The Bertz CT molecular complexity index is 532. The number of hydrogen-bond donors (Lipinski definition) is 0. The van der Waals surface area contributed by atoms with E-state index in [1.807, 2.05) is 0 Å². The van der Waals surface area contributed by atoms with E-state index < -0.39 is 35.2 Å². The molecule has 1 atom stereocenters. The Kier molecular flexibility index (Phi) is 4.98. The van der Waals surface area contributed by atoms with Gasteiger partial charge in [0.15, 0.2) is 17.5 Å². The van der Waals surface area contributed by atoms with Gasteiger partial charge in [0.2, 0.25) is 0 Å². The molecule has 0 saturated heterocycles. The van der Waals surface area contributed by atoms with Gasteiger partial charge in [-0.3, -0.25) is 4.90 Å². The number of carbonyl (C=O) groups is 2. The van der Waals surface area contributed by atoms with Crippen molar-refractivity contribution < 1.29 is 27.5 Å². The number of rotatable bonds is 3. The number of halogens is 3. The zero-order chi connectivity index (χ0) is 16.4. The van der Waals surface area contributed by atoms with Gasteiger partial charge in [0.1, 0.15) is 17.9 Å². The van der Waals surface area contributed by atoms with Crippen LogP contribution in [0.1, 0.15) is 32.4 Å². The number of carbonyl (C=O) groups excluding carboxylic acids is 2. The Labute approximate surface area is 120 Å². The zero-order valence-electron chi connectivity index (χ0n) is 12.1. The molecule has 1 aromatic rings. The largest absolute Gasteiger partial charge is 0.444 e. The maximum absolute atomic E-state index is 13.2. The molecule has 1 amide bonds. The normalized spacial score (nSPS) is 12.7. The Balaban J connectivity index is 3.08. The summed E-state index contributed by atoms with van der Waals surface area (Å²) in [5, 5.41) is 0. The van der Waals surface area contributed by atoms with Gasteiger partial charge in [-0.2, -0.15) is 0 Å². The average Bonchev–Trinajstić information content (AvgIpc) is 2.34. The van der Waals surface area contributed by atoms with Crippen LogP contribution in [0.25, 0.3) is 0 Å². The minimum atomic E-state index is -1.64. The lowest BCUT2D eigenvalue weighted by atomic mass is 10.1. The van der Waals surface area contributed by atoms with Gasteiger partial charge in [0, 0.05) is 7.05 Å². The van der Waals surface area contributed by atoms with Crippen LogP contribution in [0.3, 0.4) is 0 Å². The van der Waals surface area contributed by atoms with Gasteiger partial charge in [0.25, 0.3) is 0 Å². The van der Waals surface area contributed by atoms with Crippen molar-refractivity contribution in [2.45, 2.75) is 32.4 Å². The second-order valence-corrected chi connectivity index (χ2v) is 5.47. The molecule has 4 nitrogen and oxygen atoms in total. The number of hydrogen-bond acceptors (Lipinski definition) is 3. The number of aldehydes is 1. The highest BCUT2D eigenvalue weighted by atomic mass is 19.2. The van der Waals surface area contributed by atoms with Crippen molar-refractivity contribution in [2.24, 2.45) is 0 Å². The van der Waals surface area contributed by atoms with E-state index in [9.17, 15) is 22.8 Å². The van der Waals surface area contributed by atoms with Gasteiger partial charge in [0.05, 0.1) is 0 Å². The van der Waals surface area contributed by atoms with E-state index in [0.29, 0.717) is 18.4 Å².